The van der Waals surface area contributed by atoms with Crippen molar-refractivity contribution in [3.05, 3.63) is 0 Å². The van der Waals surface area contributed by atoms with Gasteiger partial charge in [0.05, 0.1) is 12.1 Å². The Bertz CT molecular complexity index is 299. The van der Waals surface area contributed by atoms with Gasteiger partial charge < -0.3 is 20.4 Å². The highest BCUT2D eigenvalue weighted by molar-refractivity contribution is 5.82. The molecule has 0 aromatic heterocycles. The van der Waals surface area contributed by atoms with E-state index in [0.717, 1.165) is 0 Å². The number of rotatable bonds is 6. The number of aliphatic hydroxyl groups is 1. The van der Waals surface area contributed by atoms with Crippen LogP contribution in [0, 0.1) is 5.92 Å². The Morgan fingerprint density at radius 1 is 1.39 bits per heavy atom. The van der Waals surface area contributed by atoms with Crippen molar-refractivity contribution in [3.63, 3.8) is 0 Å². The minimum atomic E-state index is -1.05. The number of carbonyl (C=O) groups excluding carboxylic acids is 1. The van der Waals surface area contributed by atoms with Gasteiger partial charge in [0.25, 0.3) is 0 Å². The van der Waals surface area contributed by atoms with Gasteiger partial charge in [-0.2, -0.15) is 0 Å². The number of carboxylic acids is 1. The number of nitrogens with one attached hydrogen (secondary N) is 1. The van der Waals surface area contributed by atoms with Gasteiger partial charge in [0.2, 0.25) is 0 Å². The number of carbonyl (C=O) groups is 2. The first-order valence-electron chi connectivity index (χ1n) is 6.05. The quantitative estimate of drug-likeness (QED) is 0.662. The van der Waals surface area contributed by atoms with Crippen LogP contribution in [0.1, 0.15) is 34.1 Å². The highest BCUT2D eigenvalue weighted by Crippen LogP contribution is 2.09. The summed E-state index contributed by atoms with van der Waals surface area (Å²) in [5, 5.41) is 21.1. The van der Waals surface area contributed by atoms with Gasteiger partial charge in [-0.1, -0.05) is 20.3 Å². The largest absolute Gasteiger partial charge is 0.480 e. The Kier molecular flexibility index (Phi) is 6.11. The Balaban J connectivity index is 4.56. The molecular formula is C12H24N2O4. The average Bonchev–Trinajstić information content (AvgIpc) is 2.21. The molecule has 0 rings (SSSR count). The highest BCUT2D eigenvalue weighted by Gasteiger charge is 2.27. The van der Waals surface area contributed by atoms with Gasteiger partial charge in [0, 0.05) is 7.05 Å². The van der Waals surface area contributed by atoms with E-state index < -0.39 is 23.6 Å². The predicted molar refractivity (Wildman–Crippen MR) is 68.3 cm³/mol. The maximum absolute atomic E-state index is 11.8. The van der Waals surface area contributed by atoms with Crippen molar-refractivity contribution in [2.45, 2.75) is 45.8 Å². The minimum Gasteiger partial charge on any atom is -0.480 e. The van der Waals surface area contributed by atoms with Crippen LogP contribution in [0.5, 0.6) is 0 Å². The maximum Gasteiger partial charge on any atom is 0.326 e. The minimum absolute atomic E-state index is 0.131. The fourth-order valence-electron chi connectivity index (χ4n) is 1.58. The summed E-state index contributed by atoms with van der Waals surface area (Å²) in [5.74, 6) is -1.20. The number of hydrogen-bond acceptors (Lipinski definition) is 3. The molecule has 0 aromatic rings. The van der Waals surface area contributed by atoms with E-state index in [1.54, 1.807) is 20.8 Å². The molecule has 0 saturated carbocycles. The van der Waals surface area contributed by atoms with Crippen LogP contribution in [-0.4, -0.2) is 52.3 Å². The Morgan fingerprint density at radius 3 is 2.22 bits per heavy atom. The lowest BCUT2D eigenvalue weighted by atomic mass is 9.99. The van der Waals surface area contributed by atoms with Gasteiger partial charge in [-0.15, -0.1) is 0 Å². The van der Waals surface area contributed by atoms with Crippen LogP contribution < -0.4 is 5.32 Å². The van der Waals surface area contributed by atoms with Crippen LogP contribution in [0.4, 0.5) is 4.79 Å². The van der Waals surface area contributed by atoms with E-state index >= 15 is 0 Å². The normalized spacial score (nSPS) is 14.8. The fraction of sp³-hybridized carbons (Fsp3) is 0.833. The number of carboxylic acid groups (broad SMARTS) is 1. The standard InChI is InChI=1S/C12H24N2O4/c1-6-8(2)9(10(15)16)13-11(17)14(5)7-12(3,4)18/h8-9,18H,6-7H2,1-5H3,(H,13,17)(H,15,16)/t8-,9-/m0/s1. The Morgan fingerprint density at radius 2 is 1.89 bits per heavy atom. The van der Waals surface area contributed by atoms with E-state index in [1.807, 2.05) is 6.92 Å². The summed E-state index contributed by atoms with van der Waals surface area (Å²) in [4.78, 5) is 24.1. The molecule has 0 radical (unpaired) electrons. The molecule has 6 nitrogen and oxygen atoms in total. The topological polar surface area (TPSA) is 89.9 Å². The molecule has 6 heteroatoms. The van der Waals surface area contributed by atoms with Crippen molar-refractivity contribution in [2.24, 2.45) is 5.92 Å². The third kappa shape index (κ3) is 5.86. The van der Waals surface area contributed by atoms with Crippen LogP contribution in [0.2, 0.25) is 0 Å². The van der Waals surface area contributed by atoms with Crippen molar-refractivity contribution in [2.75, 3.05) is 13.6 Å². The van der Waals surface area contributed by atoms with E-state index in [1.165, 1.54) is 11.9 Å². The zero-order chi connectivity index (χ0) is 14.5. The summed E-state index contributed by atoms with van der Waals surface area (Å²) >= 11 is 0. The van der Waals surface area contributed by atoms with Crippen molar-refractivity contribution in [1.29, 1.82) is 0 Å². The Hall–Kier alpha value is -1.30. The second-order valence-corrected chi connectivity index (χ2v) is 5.32. The number of aliphatic carboxylic acids is 1. The number of likely N-dealkylation sites (N-methyl/N-ethyl adjacent to an activating group) is 1. The molecule has 0 unspecified atom stereocenters. The third-order valence-electron chi connectivity index (χ3n) is 2.73. The molecule has 0 aliphatic carbocycles. The van der Waals surface area contributed by atoms with E-state index in [4.69, 9.17) is 5.11 Å². The maximum atomic E-state index is 11.8. The molecular weight excluding hydrogens is 236 g/mol. The lowest BCUT2D eigenvalue weighted by Gasteiger charge is -2.28. The second-order valence-electron chi connectivity index (χ2n) is 5.32. The van der Waals surface area contributed by atoms with Crippen LogP contribution in [0.15, 0.2) is 0 Å². The third-order valence-corrected chi connectivity index (χ3v) is 2.73. The van der Waals surface area contributed by atoms with Gasteiger partial charge in [0.1, 0.15) is 6.04 Å². The summed E-state index contributed by atoms with van der Waals surface area (Å²) < 4.78 is 0. The summed E-state index contributed by atoms with van der Waals surface area (Å²) in [5.41, 5.74) is -1.01. The zero-order valence-electron chi connectivity index (χ0n) is 11.7. The van der Waals surface area contributed by atoms with Gasteiger partial charge in [-0.05, 0) is 19.8 Å². The molecule has 0 saturated heterocycles. The SMILES string of the molecule is CC[C@H](C)[C@H](NC(=O)N(C)CC(C)(C)O)C(=O)O. The number of amides is 2. The van der Waals surface area contributed by atoms with Gasteiger partial charge in [0.15, 0.2) is 0 Å². The van der Waals surface area contributed by atoms with Crippen molar-refractivity contribution < 1.29 is 19.8 Å². The first-order valence-corrected chi connectivity index (χ1v) is 6.05. The van der Waals surface area contributed by atoms with Crippen LogP contribution >= 0.6 is 0 Å². The number of urea groups is 1. The van der Waals surface area contributed by atoms with E-state index in [2.05, 4.69) is 5.32 Å². The summed E-state index contributed by atoms with van der Waals surface area (Å²) in [6, 6.07) is -1.41. The molecule has 0 aromatic carbocycles. The number of nitrogens with zero attached hydrogens (tertiary/aromatic N) is 1. The smallest absolute Gasteiger partial charge is 0.326 e. The molecule has 3 N–H and O–H groups in total. The molecule has 0 heterocycles. The van der Waals surface area contributed by atoms with Crippen molar-refractivity contribution in [1.82, 2.24) is 10.2 Å². The molecule has 2 atom stereocenters. The van der Waals surface area contributed by atoms with Gasteiger partial charge in [-0.3, -0.25) is 0 Å². The monoisotopic (exact) mass is 260 g/mol. The zero-order valence-corrected chi connectivity index (χ0v) is 11.7. The lowest BCUT2D eigenvalue weighted by Crippen LogP contribution is -2.51. The van der Waals surface area contributed by atoms with Crippen molar-refractivity contribution in [3.8, 4) is 0 Å². The molecule has 2 amide bonds. The molecule has 0 bridgehead atoms. The van der Waals surface area contributed by atoms with E-state index in [-0.39, 0.29) is 12.5 Å². The van der Waals surface area contributed by atoms with Crippen LogP contribution in [-0.2, 0) is 4.79 Å². The Labute approximate surface area is 108 Å². The first kappa shape index (κ1) is 16.7. The molecule has 18 heavy (non-hydrogen) atoms. The van der Waals surface area contributed by atoms with Crippen LogP contribution in [0.3, 0.4) is 0 Å². The molecule has 0 spiro atoms. The van der Waals surface area contributed by atoms with E-state index in [0.29, 0.717) is 6.42 Å². The summed E-state index contributed by atoms with van der Waals surface area (Å²) in [6.07, 6.45) is 0.659. The van der Waals surface area contributed by atoms with Gasteiger partial charge >= 0.3 is 12.0 Å². The van der Waals surface area contributed by atoms with E-state index in [9.17, 15) is 14.7 Å². The average molecular weight is 260 g/mol. The van der Waals surface area contributed by atoms with Crippen LogP contribution in [0.25, 0.3) is 0 Å². The highest BCUT2D eigenvalue weighted by atomic mass is 16.4. The van der Waals surface area contributed by atoms with Crippen molar-refractivity contribution >= 4 is 12.0 Å². The summed E-state index contributed by atoms with van der Waals surface area (Å²) in [6.45, 7) is 6.94. The fourth-order valence-corrected chi connectivity index (χ4v) is 1.58. The number of hydrogen-bond donors (Lipinski definition) is 3. The predicted octanol–water partition coefficient (Wildman–Crippen LogP) is 0.898. The molecule has 0 fully saturated rings. The first-order chi connectivity index (χ1) is 8.08. The summed E-state index contributed by atoms with van der Waals surface area (Å²) in [7, 11) is 1.52. The second kappa shape index (κ2) is 6.58. The lowest BCUT2D eigenvalue weighted by molar-refractivity contribution is -0.140. The molecule has 106 valence electrons. The molecule has 0 aliphatic rings. The van der Waals surface area contributed by atoms with Gasteiger partial charge in [-0.25, -0.2) is 9.59 Å². The molecule has 0 aliphatic heterocycles.